The molecule has 0 unspecified atom stereocenters. The van der Waals surface area contributed by atoms with Gasteiger partial charge in [-0.05, 0) is 47.6 Å². The maximum atomic E-state index is 2.31. The zero-order chi connectivity index (χ0) is 18.4. The van der Waals surface area contributed by atoms with Gasteiger partial charge in [-0.1, -0.05) is 105 Å². The summed E-state index contributed by atoms with van der Waals surface area (Å²) in [6.07, 6.45) is 4.70. The molecule has 3 aromatic carbocycles. The molecule has 0 fully saturated rings. The molecule has 0 aliphatic carbocycles. The Morgan fingerprint density at radius 3 is 1.23 bits per heavy atom. The highest BCUT2D eigenvalue weighted by molar-refractivity contribution is 5.45. The van der Waals surface area contributed by atoms with Crippen molar-refractivity contribution in [3.63, 3.8) is 0 Å². The van der Waals surface area contributed by atoms with Gasteiger partial charge in [0.15, 0.2) is 0 Å². The fourth-order valence-corrected chi connectivity index (χ4v) is 3.67. The Morgan fingerprint density at radius 2 is 0.885 bits per heavy atom. The van der Waals surface area contributed by atoms with E-state index in [2.05, 4.69) is 93.6 Å². The third-order valence-corrected chi connectivity index (χ3v) is 5.11. The van der Waals surface area contributed by atoms with Gasteiger partial charge in [0.1, 0.15) is 0 Å². The Morgan fingerprint density at radius 1 is 0.538 bits per heavy atom. The van der Waals surface area contributed by atoms with Crippen LogP contribution in [0, 0.1) is 6.92 Å². The first kappa shape index (κ1) is 18.5. The minimum absolute atomic E-state index is 0.293. The number of rotatable bonds is 7. The number of hydrogen-bond donors (Lipinski definition) is 0. The van der Waals surface area contributed by atoms with Crippen molar-refractivity contribution in [1.82, 2.24) is 0 Å². The highest BCUT2D eigenvalue weighted by atomic mass is 14.2. The number of aryl methyl sites for hydroxylation is 3. The molecular formula is C26H30. The summed E-state index contributed by atoms with van der Waals surface area (Å²) in [7, 11) is 0. The lowest BCUT2D eigenvalue weighted by Gasteiger charge is -2.20. The SMILES string of the molecule is CCCc1ccc(C(c2ccc(C)cc2)c2ccc(CCC)cc2)cc1. The second-order valence-corrected chi connectivity index (χ2v) is 7.33. The molecule has 134 valence electrons. The van der Waals surface area contributed by atoms with Gasteiger partial charge in [-0.3, -0.25) is 0 Å². The average Bonchev–Trinajstić information content (AvgIpc) is 2.67. The van der Waals surface area contributed by atoms with E-state index >= 15 is 0 Å². The van der Waals surface area contributed by atoms with Crippen molar-refractivity contribution < 1.29 is 0 Å². The molecule has 0 aliphatic rings. The van der Waals surface area contributed by atoms with Gasteiger partial charge < -0.3 is 0 Å². The smallest absolute Gasteiger partial charge is 0.0339 e. The zero-order valence-corrected chi connectivity index (χ0v) is 16.3. The highest BCUT2D eigenvalue weighted by Crippen LogP contribution is 2.32. The lowest BCUT2D eigenvalue weighted by atomic mass is 9.84. The van der Waals surface area contributed by atoms with E-state index in [0.29, 0.717) is 5.92 Å². The van der Waals surface area contributed by atoms with Crippen LogP contribution in [0.15, 0.2) is 72.8 Å². The number of hydrogen-bond acceptors (Lipinski definition) is 0. The molecule has 0 heteroatoms. The molecule has 0 heterocycles. The largest absolute Gasteiger partial charge is 0.0651 e. The third kappa shape index (κ3) is 4.43. The third-order valence-electron chi connectivity index (χ3n) is 5.11. The van der Waals surface area contributed by atoms with Crippen LogP contribution in [-0.2, 0) is 12.8 Å². The summed E-state index contributed by atoms with van der Waals surface area (Å²) < 4.78 is 0. The fourth-order valence-electron chi connectivity index (χ4n) is 3.67. The first-order valence-electron chi connectivity index (χ1n) is 9.95. The molecule has 0 nitrogen and oxygen atoms in total. The van der Waals surface area contributed by atoms with Crippen molar-refractivity contribution in [2.24, 2.45) is 0 Å². The Kier molecular flexibility index (Phi) is 6.28. The first-order chi connectivity index (χ1) is 12.7. The standard InChI is InChI=1S/C26H30/c1-4-6-21-10-16-24(17-11-21)26(23-14-8-20(3)9-15-23)25-18-12-22(7-5-2)13-19-25/h8-19,26H,4-7H2,1-3H3. The first-order valence-corrected chi connectivity index (χ1v) is 9.95. The van der Waals surface area contributed by atoms with E-state index in [1.54, 1.807) is 0 Å². The molecule has 0 radical (unpaired) electrons. The normalized spacial score (nSPS) is 11.1. The monoisotopic (exact) mass is 342 g/mol. The van der Waals surface area contributed by atoms with Crippen LogP contribution >= 0.6 is 0 Å². The van der Waals surface area contributed by atoms with Gasteiger partial charge in [-0.25, -0.2) is 0 Å². The van der Waals surface area contributed by atoms with E-state index < -0.39 is 0 Å². The zero-order valence-electron chi connectivity index (χ0n) is 16.3. The predicted molar refractivity (Wildman–Crippen MR) is 113 cm³/mol. The fraction of sp³-hybridized carbons (Fsp3) is 0.308. The van der Waals surface area contributed by atoms with E-state index in [-0.39, 0.29) is 0 Å². The molecule has 0 bridgehead atoms. The molecule has 26 heavy (non-hydrogen) atoms. The van der Waals surface area contributed by atoms with Crippen LogP contribution in [-0.4, -0.2) is 0 Å². The second kappa shape index (κ2) is 8.85. The molecule has 0 saturated heterocycles. The Labute approximate surface area is 158 Å². The summed E-state index contributed by atoms with van der Waals surface area (Å²) >= 11 is 0. The topological polar surface area (TPSA) is 0 Å². The van der Waals surface area contributed by atoms with Crippen LogP contribution in [0.25, 0.3) is 0 Å². The molecule has 0 aromatic heterocycles. The lowest BCUT2D eigenvalue weighted by molar-refractivity contribution is 0.909. The van der Waals surface area contributed by atoms with Gasteiger partial charge in [0.2, 0.25) is 0 Å². The number of benzene rings is 3. The minimum Gasteiger partial charge on any atom is -0.0651 e. The summed E-state index contributed by atoms with van der Waals surface area (Å²) in [6, 6.07) is 27.4. The van der Waals surface area contributed by atoms with Crippen molar-refractivity contribution in [2.75, 3.05) is 0 Å². The van der Waals surface area contributed by atoms with E-state index in [1.807, 2.05) is 0 Å². The quantitative estimate of drug-likeness (QED) is 0.402. The van der Waals surface area contributed by atoms with Crippen molar-refractivity contribution in [1.29, 1.82) is 0 Å². The van der Waals surface area contributed by atoms with Gasteiger partial charge >= 0.3 is 0 Å². The summed E-state index contributed by atoms with van der Waals surface area (Å²) in [5, 5.41) is 0. The summed E-state index contributed by atoms with van der Waals surface area (Å²) in [5.41, 5.74) is 8.27. The van der Waals surface area contributed by atoms with E-state index in [9.17, 15) is 0 Å². The molecule has 0 amide bonds. The van der Waals surface area contributed by atoms with Crippen LogP contribution in [0.4, 0.5) is 0 Å². The van der Waals surface area contributed by atoms with E-state index in [1.165, 1.54) is 46.2 Å². The molecule has 0 saturated carbocycles. The summed E-state index contributed by atoms with van der Waals surface area (Å²) in [5.74, 6) is 0.293. The molecule has 0 atom stereocenters. The van der Waals surface area contributed by atoms with Gasteiger partial charge in [0.05, 0.1) is 0 Å². The Bertz CT molecular complexity index is 743. The molecule has 3 aromatic rings. The molecular weight excluding hydrogens is 312 g/mol. The van der Waals surface area contributed by atoms with Crippen molar-refractivity contribution in [3.8, 4) is 0 Å². The van der Waals surface area contributed by atoms with Crippen molar-refractivity contribution >= 4 is 0 Å². The van der Waals surface area contributed by atoms with E-state index in [4.69, 9.17) is 0 Å². The maximum absolute atomic E-state index is 2.31. The van der Waals surface area contributed by atoms with Gasteiger partial charge in [0, 0.05) is 5.92 Å². The Hall–Kier alpha value is -2.34. The van der Waals surface area contributed by atoms with Crippen LogP contribution in [0.5, 0.6) is 0 Å². The molecule has 3 rings (SSSR count). The van der Waals surface area contributed by atoms with Gasteiger partial charge in [-0.2, -0.15) is 0 Å². The summed E-state index contributed by atoms with van der Waals surface area (Å²) in [4.78, 5) is 0. The van der Waals surface area contributed by atoms with Crippen molar-refractivity contribution in [2.45, 2.75) is 52.4 Å². The highest BCUT2D eigenvalue weighted by Gasteiger charge is 2.16. The van der Waals surface area contributed by atoms with Crippen LogP contribution in [0.2, 0.25) is 0 Å². The van der Waals surface area contributed by atoms with Crippen LogP contribution in [0.3, 0.4) is 0 Å². The second-order valence-electron chi connectivity index (χ2n) is 7.33. The minimum atomic E-state index is 0.293. The van der Waals surface area contributed by atoms with Crippen LogP contribution < -0.4 is 0 Å². The maximum Gasteiger partial charge on any atom is 0.0339 e. The molecule has 0 spiro atoms. The summed E-state index contributed by atoms with van der Waals surface area (Å²) in [6.45, 7) is 6.62. The molecule has 0 aliphatic heterocycles. The molecule has 0 N–H and O–H groups in total. The average molecular weight is 343 g/mol. The predicted octanol–water partition coefficient (Wildman–Crippen LogP) is 7.08. The Balaban J connectivity index is 1.99. The van der Waals surface area contributed by atoms with Gasteiger partial charge in [0.25, 0.3) is 0 Å². The van der Waals surface area contributed by atoms with Crippen molar-refractivity contribution in [3.05, 3.63) is 106 Å². The van der Waals surface area contributed by atoms with E-state index in [0.717, 1.165) is 12.8 Å². The van der Waals surface area contributed by atoms with Gasteiger partial charge in [-0.15, -0.1) is 0 Å². The van der Waals surface area contributed by atoms with Crippen LogP contribution in [0.1, 0.15) is 66.0 Å². The lowest BCUT2D eigenvalue weighted by Crippen LogP contribution is -2.04.